The van der Waals surface area contributed by atoms with Crippen LogP contribution in [0.1, 0.15) is 13.3 Å². The Bertz CT molecular complexity index is 936. The van der Waals surface area contributed by atoms with Crippen LogP contribution in [0.3, 0.4) is 0 Å². The van der Waals surface area contributed by atoms with E-state index in [0.717, 1.165) is 46.6 Å². The summed E-state index contributed by atoms with van der Waals surface area (Å²) in [6, 6.07) is 10.1. The van der Waals surface area contributed by atoms with Crippen molar-refractivity contribution < 1.29 is 0 Å². The second kappa shape index (κ2) is 5.14. The lowest BCUT2D eigenvalue weighted by atomic mass is 10.1. The normalized spacial score (nSPS) is 11.3. The fourth-order valence-corrected chi connectivity index (χ4v) is 2.52. The molecule has 0 bridgehead atoms. The van der Waals surface area contributed by atoms with Crippen molar-refractivity contribution >= 4 is 22.4 Å². The highest BCUT2D eigenvalue weighted by Gasteiger charge is 2.09. The molecule has 0 amide bonds. The van der Waals surface area contributed by atoms with Gasteiger partial charge in [0.15, 0.2) is 5.65 Å². The average Bonchev–Trinajstić information content (AvgIpc) is 3.18. The molecule has 0 spiro atoms. The van der Waals surface area contributed by atoms with Gasteiger partial charge in [0.05, 0.1) is 23.6 Å². The minimum absolute atomic E-state index is 0.837. The van der Waals surface area contributed by atoms with E-state index in [2.05, 4.69) is 44.7 Å². The summed E-state index contributed by atoms with van der Waals surface area (Å²) in [7, 11) is 0. The monoisotopic (exact) mass is 292 g/mol. The second-order valence-corrected chi connectivity index (χ2v) is 5.23. The Labute approximate surface area is 127 Å². The highest BCUT2D eigenvalue weighted by molar-refractivity contribution is 5.83. The summed E-state index contributed by atoms with van der Waals surface area (Å²) in [6.07, 6.45) is 4.74. The standard InChI is InChI=1S/C16H16N6/c1-2-7-17-15-5-6-16-18-10-14(22(16)21-15)11-3-4-13-12(8-11)9-19-20-13/h3-6,8-10H,2,7H2,1H3,(H,17,21)(H,19,20). The van der Waals surface area contributed by atoms with E-state index >= 15 is 0 Å². The molecule has 0 radical (unpaired) electrons. The van der Waals surface area contributed by atoms with E-state index in [-0.39, 0.29) is 0 Å². The van der Waals surface area contributed by atoms with Crippen LogP contribution in [0, 0.1) is 0 Å². The number of nitrogens with zero attached hydrogens (tertiary/aromatic N) is 4. The minimum Gasteiger partial charge on any atom is -0.369 e. The number of aromatic amines is 1. The summed E-state index contributed by atoms with van der Waals surface area (Å²) < 4.78 is 1.87. The molecule has 0 aliphatic carbocycles. The zero-order chi connectivity index (χ0) is 14.9. The lowest BCUT2D eigenvalue weighted by molar-refractivity contribution is 0.910. The SMILES string of the molecule is CCCNc1ccc2ncc(-c3ccc4[nH]ncc4c3)n2n1. The molecular formula is C16H16N6. The molecule has 0 aliphatic rings. The summed E-state index contributed by atoms with van der Waals surface area (Å²) in [4.78, 5) is 4.43. The molecule has 6 nitrogen and oxygen atoms in total. The van der Waals surface area contributed by atoms with E-state index in [9.17, 15) is 0 Å². The number of hydrogen-bond donors (Lipinski definition) is 2. The van der Waals surface area contributed by atoms with Gasteiger partial charge in [0, 0.05) is 17.5 Å². The van der Waals surface area contributed by atoms with E-state index in [0.29, 0.717) is 0 Å². The second-order valence-electron chi connectivity index (χ2n) is 5.23. The number of anilines is 1. The van der Waals surface area contributed by atoms with Crippen molar-refractivity contribution in [2.45, 2.75) is 13.3 Å². The Morgan fingerprint density at radius 2 is 2.14 bits per heavy atom. The Morgan fingerprint density at radius 3 is 3.05 bits per heavy atom. The number of aromatic nitrogens is 5. The van der Waals surface area contributed by atoms with Gasteiger partial charge in [-0.1, -0.05) is 13.0 Å². The van der Waals surface area contributed by atoms with Crippen LogP contribution in [0.25, 0.3) is 27.8 Å². The van der Waals surface area contributed by atoms with Crippen LogP contribution >= 0.6 is 0 Å². The zero-order valence-electron chi connectivity index (χ0n) is 12.2. The summed E-state index contributed by atoms with van der Waals surface area (Å²) in [5, 5.41) is 16.0. The molecule has 4 aromatic rings. The van der Waals surface area contributed by atoms with E-state index in [1.165, 1.54) is 0 Å². The molecule has 3 aromatic heterocycles. The molecule has 3 heterocycles. The number of imidazole rings is 1. The largest absolute Gasteiger partial charge is 0.369 e. The maximum atomic E-state index is 4.64. The Hall–Kier alpha value is -2.89. The summed E-state index contributed by atoms with van der Waals surface area (Å²) in [5.41, 5.74) is 3.90. The first-order chi connectivity index (χ1) is 10.8. The minimum atomic E-state index is 0.837. The fraction of sp³-hybridized carbons (Fsp3) is 0.188. The predicted molar refractivity (Wildman–Crippen MR) is 86.9 cm³/mol. The lowest BCUT2D eigenvalue weighted by Crippen LogP contribution is -2.05. The third kappa shape index (κ3) is 2.09. The smallest absolute Gasteiger partial charge is 0.154 e. The maximum absolute atomic E-state index is 4.64. The number of benzene rings is 1. The number of rotatable bonds is 4. The van der Waals surface area contributed by atoms with Gasteiger partial charge in [-0.05, 0) is 30.7 Å². The summed E-state index contributed by atoms with van der Waals surface area (Å²) >= 11 is 0. The number of H-pyrrole nitrogens is 1. The van der Waals surface area contributed by atoms with Crippen molar-refractivity contribution in [3.05, 3.63) is 42.7 Å². The number of nitrogens with one attached hydrogen (secondary N) is 2. The number of hydrogen-bond acceptors (Lipinski definition) is 4. The van der Waals surface area contributed by atoms with Crippen LogP contribution in [0.2, 0.25) is 0 Å². The molecule has 0 saturated heterocycles. The molecule has 0 saturated carbocycles. The van der Waals surface area contributed by atoms with Crippen molar-refractivity contribution in [3.63, 3.8) is 0 Å². The van der Waals surface area contributed by atoms with Gasteiger partial charge >= 0.3 is 0 Å². The molecule has 22 heavy (non-hydrogen) atoms. The van der Waals surface area contributed by atoms with Crippen molar-refractivity contribution in [2.24, 2.45) is 0 Å². The lowest BCUT2D eigenvalue weighted by Gasteiger charge is -2.06. The van der Waals surface area contributed by atoms with Crippen LogP contribution in [0.15, 0.2) is 42.7 Å². The molecule has 0 aliphatic heterocycles. The van der Waals surface area contributed by atoms with Crippen molar-refractivity contribution in [1.82, 2.24) is 24.8 Å². The van der Waals surface area contributed by atoms with Gasteiger partial charge in [-0.3, -0.25) is 5.10 Å². The van der Waals surface area contributed by atoms with E-state index < -0.39 is 0 Å². The van der Waals surface area contributed by atoms with Crippen LogP contribution in [-0.4, -0.2) is 31.3 Å². The summed E-state index contributed by atoms with van der Waals surface area (Å²) in [5.74, 6) is 0.859. The van der Waals surface area contributed by atoms with Gasteiger partial charge in [-0.25, -0.2) is 9.50 Å². The third-order valence-corrected chi connectivity index (χ3v) is 3.65. The Morgan fingerprint density at radius 1 is 1.18 bits per heavy atom. The Kier molecular flexibility index (Phi) is 3.00. The number of fused-ring (bicyclic) bond motifs is 2. The zero-order valence-corrected chi connectivity index (χ0v) is 12.2. The fourth-order valence-electron chi connectivity index (χ4n) is 2.52. The topological polar surface area (TPSA) is 70.9 Å². The molecule has 0 fully saturated rings. The molecule has 4 rings (SSSR count). The van der Waals surface area contributed by atoms with Gasteiger partial charge in [-0.15, -0.1) is 5.10 Å². The molecule has 2 N–H and O–H groups in total. The van der Waals surface area contributed by atoms with E-state index in [1.807, 2.05) is 35.1 Å². The van der Waals surface area contributed by atoms with Crippen LogP contribution in [-0.2, 0) is 0 Å². The highest BCUT2D eigenvalue weighted by Crippen LogP contribution is 2.24. The molecule has 6 heteroatoms. The van der Waals surface area contributed by atoms with Crippen molar-refractivity contribution in [3.8, 4) is 11.3 Å². The van der Waals surface area contributed by atoms with Gasteiger partial charge in [0.2, 0.25) is 0 Å². The summed E-state index contributed by atoms with van der Waals surface area (Å²) in [6.45, 7) is 3.04. The van der Waals surface area contributed by atoms with Crippen molar-refractivity contribution in [1.29, 1.82) is 0 Å². The first kappa shape index (κ1) is 12.8. The van der Waals surface area contributed by atoms with Gasteiger partial charge in [0.1, 0.15) is 5.82 Å². The molecule has 110 valence electrons. The first-order valence-corrected chi connectivity index (χ1v) is 7.37. The molecule has 0 atom stereocenters. The van der Waals surface area contributed by atoms with Crippen molar-refractivity contribution in [2.75, 3.05) is 11.9 Å². The quantitative estimate of drug-likeness (QED) is 0.606. The van der Waals surface area contributed by atoms with Crippen LogP contribution in [0.5, 0.6) is 0 Å². The molecular weight excluding hydrogens is 276 g/mol. The first-order valence-electron chi connectivity index (χ1n) is 7.37. The maximum Gasteiger partial charge on any atom is 0.154 e. The molecule has 0 unspecified atom stereocenters. The van der Waals surface area contributed by atoms with Crippen LogP contribution < -0.4 is 5.32 Å². The van der Waals surface area contributed by atoms with E-state index in [4.69, 9.17) is 0 Å². The molecule has 1 aromatic carbocycles. The van der Waals surface area contributed by atoms with E-state index in [1.54, 1.807) is 0 Å². The predicted octanol–water partition coefficient (Wildman–Crippen LogP) is 3.09. The van der Waals surface area contributed by atoms with Crippen LogP contribution in [0.4, 0.5) is 5.82 Å². The highest BCUT2D eigenvalue weighted by atomic mass is 15.3. The van der Waals surface area contributed by atoms with Gasteiger partial charge in [0.25, 0.3) is 0 Å². The van der Waals surface area contributed by atoms with Gasteiger partial charge < -0.3 is 5.32 Å². The third-order valence-electron chi connectivity index (χ3n) is 3.65. The average molecular weight is 292 g/mol. The van der Waals surface area contributed by atoms with Gasteiger partial charge in [-0.2, -0.15) is 5.10 Å². The Balaban J connectivity index is 1.82.